The van der Waals surface area contributed by atoms with Crippen LogP contribution < -0.4 is 0 Å². The van der Waals surface area contributed by atoms with Crippen molar-refractivity contribution in [1.82, 2.24) is 15.1 Å². The van der Waals surface area contributed by atoms with E-state index in [4.69, 9.17) is 4.52 Å². The van der Waals surface area contributed by atoms with E-state index in [1.807, 2.05) is 6.07 Å². The number of pyridine rings is 1. The van der Waals surface area contributed by atoms with Crippen molar-refractivity contribution in [3.63, 3.8) is 0 Å². The zero-order chi connectivity index (χ0) is 16.5. The first-order chi connectivity index (χ1) is 11.7. The van der Waals surface area contributed by atoms with Crippen LogP contribution in [0, 0.1) is 6.92 Å². The van der Waals surface area contributed by atoms with Crippen LogP contribution in [0.25, 0.3) is 33.4 Å². The second kappa shape index (κ2) is 5.89. The van der Waals surface area contributed by atoms with Crippen molar-refractivity contribution in [3.8, 4) is 22.5 Å². The molecule has 0 radical (unpaired) electrons. The molecule has 2 aromatic heterocycles. The molecule has 0 spiro atoms. The van der Waals surface area contributed by atoms with E-state index in [0.717, 1.165) is 22.9 Å². The van der Waals surface area contributed by atoms with Gasteiger partial charge in [-0.1, -0.05) is 42.4 Å². The summed E-state index contributed by atoms with van der Waals surface area (Å²) in [5.74, 6) is 1.12. The van der Waals surface area contributed by atoms with E-state index in [1.165, 1.54) is 16.7 Å². The van der Waals surface area contributed by atoms with Gasteiger partial charge in [0, 0.05) is 24.1 Å². The summed E-state index contributed by atoms with van der Waals surface area (Å²) in [6.07, 6.45) is 2.83. The highest BCUT2D eigenvalue weighted by atomic mass is 16.5. The third-order valence-electron chi connectivity index (χ3n) is 4.16. The van der Waals surface area contributed by atoms with E-state index >= 15 is 0 Å². The number of hydrogen-bond donors (Lipinski definition) is 0. The number of nitrogens with zero attached hydrogens (tertiary/aromatic N) is 3. The molecule has 0 unspecified atom stereocenters. The topological polar surface area (TPSA) is 51.8 Å². The zero-order valence-corrected chi connectivity index (χ0v) is 13.7. The van der Waals surface area contributed by atoms with Crippen LogP contribution in [0.1, 0.15) is 18.4 Å². The average Bonchev–Trinajstić information content (AvgIpc) is 3.07. The van der Waals surface area contributed by atoms with E-state index in [-0.39, 0.29) is 0 Å². The predicted octanol–water partition coefficient (Wildman–Crippen LogP) is 4.82. The fraction of sp³-hybridized carbons (Fsp3) is 0.150. The quantitative estimate of drug-likeness (QED) is 0.544. The van der Waals surface area contributed by atoms with Gasteiger partial charge in [0.25, 0.3) is 0 Å². The van der Waals surface area contributed by atoms with Gasteiger partial charge >= 0.3 is 0 Å². The van der Waals surface area contributed by atoms with Crippen LogP contribution >= 0.6 is 0 Å². The highest BCUT2D eigenvalue weighted by Crippen LogP contribution is 2.26. The summed E-state index contributed by atoms with van der Waals surface area (Å²) in [7, 11) is 0. The summed E-state index contributed by atoms with van der Waals surface area (Å²) in [5, 5.41) is 5.03. The van der Waals surface area contributed by atoms with Crippen molar-refractivity contribution in [2.24, 2.45) is 0 Å². The smallest absolute Gasteiger partial charge is 0.223 e. The lowest BCUT2D eigenvalue weighted by Crippen LogP contribution is -1.87. The Bertz CT molecular complexity index is 1000. The average molecular weight is 315 g/mol. The van der Waals surface area contributed by atoms with Crippen LogP contribution in [0.15, 0.2) is 59.3 Å². The minimum Gasteiger partial charge on any atom is -0.339 e. The summed E-state index contributed by atoms with van der Waals surface area (Å²) in [4.78, 5) is 8.78. The summed E-state index contributed by atoms with van der Waals surface area (Å²) >= 11 is 0. The third-order valence-corrected chi connectivity index (χ3v) is 4.16. The van der Waals surface area contributed by atoms with Crippen molar-refractivity contribution in [1.29, 1.82) is 0 Å². The second-order valence-electron chi connectivity index (χ2n) is 5.82. The zero-order valence-electron chi connectivity index (χ0n) is 13.7. The van der Waals surface area contributed by atoms with E-state index in [0.29, 0.717) is 11.7 Å². The molecule has 0 saturated heterocycles. The van der Waals surface area contributed by atoms with Gasteiger partial charge in [0.1, 0.15) is 0 Å². The Morgan fingerprint density at radius 3 is 2.38 bits per heavy atom. The summed E-state index contributed by atoms with van der Waals surface area (Å²) in [6.45, 7) is 3.95. The number of rotatable bonds is 3. The lowest BCUT2D eigenvalue weighted by atomic mass is 10.0. The number of benzene rings is 2. The number of aromatic nitrogens is 3. The molecule has 0 aliphatic carbocycles. The first kappa shape index (κ1) is 14.6. The van der Waals surface area contributed by atoms with Crippen molar-refractivity contribution in [2.45, 2.75) is 20.3 Å². The first-order valence-electron chi connectivity index (χ1n) is 8.03. The summed E-state index contributed by atoms with van der Waals surface area (Å²) in [5.41, 5.74) is 5.53. The molecule has 0 atom stereocenters. The lowest BCUT2D eigenvalue weighted by molar-refractivity contribution is 0.394. The van der Waals surface area contributed by atoms with E-state index in [9.17, 15) is 0 Å². The normalized spacial score (nSPS) is 11.1. The van der Waals surface area contributed by atoms with Crippen LogP contribution in [-0.2, 0) is 6.42 Å². The molecule has 4 aromatic rings. The molecule has 2 heterocycles. The van der Waals surface area contributed by atoms with Crippen LogP contribution in [0.3, 0.4) is 0 Å². The van der Waals surface area contributed by atoms with Crippen LogP contribution in [-0.4, -0.2) is 15.1 Å². The molecule has 2 aromatic carbocycles. The predicted molar refractivity (Wildman–Crippen MR) is 94.6 cm³/mol. The molecule has 24 heavy (non-hydrogen) atoms. The maximum Gasteiger partial charge on any atom is 0.223 e. The molecule has 0 aliphatic heterocycles. The minimum atomic E-state index is 0.551. The fourth-order valence-corrected chi connectivity index (χ4v) is 2.78. The molecule has 4 rings (SSSR count). The van der Waals surface area contributed by atoms with Gasteiger partial charge in [-0.15, -0.1) is 0 Å². The van der Waals surface area contributed by atoms with Gasteiger partial charge in [-0.05, 0) is 41.3 Å². The Balaban J connectivity index is 1.78. The van der Waals surface area contributed by atoms with Crippen molar-refractivity contribution >= 4 is 10.9 Å². The van der Waals surface area contributed by atoms with Crippen LogP contribution in [0.4, 0.5) is 0 Å². The number of aryl methyl sites for hydroxylation is 2. The van der Waals surface area contributed by atoms with Gasteiger partial charge in [0.15, 0.2) is 0 Å². The molecular formula is C20H17N3O. The number of fused-ring (bicyclic) bond motifs is 1. The Kier molecular flexibility index (Phi) is 3.58. The standard InChI is InChI=1S/C20H17N3O/c1-3-14-4-6-15(7-5-14)16-8-9-19-17(10-16)11-18(12-21-19)20-22-13(2)24-23-20/h4-12H,3H2,1-2H3. The Morgan fingerprint density at radius 1 is 0.917 bits per heavy atom. The number of hydrogen-bond acceptors (Lipinski definition) is 4. The van der Waals surface area contributed by atoms with Crippen LogP contribution in [0.2, 0.25) is 0 Å². The molecule has 0 aliphatic rings. The highest BCUT2D eigenvalue weighted by molar-refractivity contribution is 5.87. The van der Waals surface area contributed by atoms with Crippen molar-refractivity contribution in [3.05, 3.63) is 66.2 Å². The van der Waals surface area contributed by atoms with Gasteiger partial charge in [0.2, 0.25) is 11.7 Å². The maximum absolute atomic E-state index is 5.06. The van der Waals surface area contributed by atoms with Crippen LogP contribution in [0.5, 0.6) is 0 Å². The molecule has 0 bridgehead atoms. The molecule has 4 heteroatoms. The Morgan fingerprint density at radius 2 is 1.67 bits per heavy atom. The molecule has 0 fully saturated rings. The second-order valence-corrected chi connectivity index (χ2v) is 5.82. The molecule has 0 amide bonds. The van der Waals surface area contributed by atoms with Gasteiger partial charge in [-0.2, -0.15) is 4.98 Å². The maximum atomic E-state index is 5.06. The summed E-state index contributed by atoms with van der Waals surface area (Å²) in [6, 6.07) is 17.0. The van der Waals surface area contributed by atoms with Crippen molar-refractivity contribution in [2.75, 3.05) is 0 Å². The molecule has 118 valence electrons. The van der Waals surface area contributed by atoms with Gasteiger partial charge < -0.3 is 4.52 Å². The largest absolute Gasteiger partial charge is 0.339 e. The lowest BCUT2D eigenvalue weighted by Gasteiger charge is -2.06. The Labute approximate surface area is 140 Å². The van der Waals surface area contributed by atoms with Gasteiger partial charge in [0.05, 0.1) is 5.52 Å². The molecule has 0 N–H and O–H groups in total. The monoisotopic (exact) mass is 315 g/mol. The molecular weight excluding hydrogens is 298 g/mol. The Hall–Kier alpha value is -3.01. The van der Waals surface area contributed by atoms with Crippen molar-refractivity contribution < 1.29 is 4.52 Å². The first-order valence-corrected chi connectivity index (χ1v) is 8.03. The van der Waals surface area contributed by atoms with Gasteiger partial charge in [-0.3, -0.25) is 4.98 Å². The fourth-order valence-electron chi connectivity index (χ4n) is 2.78. The third kappa shape index (κ3) is 2.67. The SMILES string of the molecule is CCc1ccc(-c2ccc3ncc(-c4noc(C)n4)cc3c2)cc1. The highest BCUT2D eigenvalue weighted by Gasteiger charge is 2.08. The van der Waals surface area contributed by atoms with E-state index in [1.54, 1.807) is 13.1 Å². The summed E-state index contributed by atoms with van der Waals surface area (Å²) < 4.78 is 5.06. The minimum absolute atomic E-state index is 0.551. The van der Waals surface area contributed by atoms with E-state index in [2.05, 4.69) is 64.5 Å². The van der Waals surface area contributed by atoms with E-state index < -0.39 is 0 Å². The molecule has 0 saturated carbocycles. The molecule has 4 nitrogen and oxygen atoms in total. The van der Waals surface area contributed by atoms with Gasteiger partial charge in [-0.25, -0.2) is 0 Å².